The van der Waals surface area contributed by atoms with Gasteiger partial charge in [-0.2, -0.15) is 4.98 Å². The molecule has 21 heavy (non-hydrogen) atoms. The first-order valence-electron chi connectivity index (χ1n) is 6.98. The Labute approximate surface area is 124 Å². The predicted molar refractivity (Wildman–Crippen MR) is 79.1 cm³/mol. The molecule has 0 saturated heterocycles. The highest BCUT2D eigenvalue weighted by Gasteiger charge is 2.13. The van der Waals surface area contributed by atoms with Crippen molar-refractivity contribution in [1.29, 1.82) is 0 Å². The van der Waals surface area contributed by atoms with Gasteiger partial charge in [0.1, 0.15) is 5.75 Å². The normalized spacial score (nSPS) is 11.1. The van der Waals surface area contributed by atoms with E-state index in [9.17, 15) is 0 Å². The van der Waals surface area contributed by atoms with Crippen LogP contribution in [0.15, 0.2) is 22.7 Å². The average molecular weight is 291 g/mol. The van der Waals surface area contributed by atoms with Crippen LogP contribution < -0.4 is 4.74 Å². The molecule has 6 nitrogen and oxygen atoms in total. The van der Waals surface area contributed by atoms with Gasteiger partial charge in [0, 0.05) is 12.1 Å². The second-order valence-electron chi connectivity index (χ2n) is 4.79. The summed E-state index contributed by atoms with van der Waals surface area (Å²) in [5, 5.41) is 13.0. The zero-order chi connectivity index (χ0) is 15.2. The van der Waals surface area contributed by atoms with Crippen LogP contribution in [0.1, 0.15) is 18.4 Å². The maximum Gasteiger partial charge on any atom is 0.241 e. The van der Waals surface area contributed by atoms with Gasteiger partial charge in [0.05, 0.1) is 20.3 Å². The second-order valence-corrected chi connectivity index (χ2v) is 4.79. The maximum absolute atomic E-state index is 8.99. The lowest BCUT2D eigenvalue weighted by atomic mass is 10.1. The molecule has 1 N–H and O–H groups in total. The number of aliphatic hydroxyl groups excluding tert-OH is 1. The standard InChI is InChI=1S/C15H21N3O3/c1-4-18(7-8-19)10-14-16-15(17-21-14)12-6-5-11(2)13(9-12)20-3/h5-6,9,19H,4,7-8,10H2,1-3H3. The fourth-order valence-corrected chi connectivity index (χ4v) is 2.08. The third-order valence-electron chi connectivity index (χ3n) is 3.36. The van der Waals surface area contributed by atoms with E-state index < -0.39 is 0 Å². The summed E-state index contributed by atoms with van der Waals surface area (Å²) in [6.07, 6.45) is 0. The first kappa shape index (κ1) is 15.5. The van der Waals surface area contributed by atoms with Crippen molar-refractivity contribution in [3.63, 3.8) is 0 Å². The molecule has 0 spiro atoms. The third-order valence-corrected chi connectivity index (χ3v) is 3.36. The zero-order valence-corrected chi connectivity index (χ0v) is 12.7. The van der Waals surface area contributed by atoms with Crippen LogP contribution in [0.2, 0.25) is 0 Å². The molecule has 0 atom stereocenters. The quantitative estimate of drug-likeness (QED) is 0.839. The molecule has 1 aromatic heterocycles. The van der Waals surface area contributed by atoms with Gasteiger partial charge in [-0.15, -0.1) is 0 Å². The molecule has 0 aliphatic heterocycles. The van der Waals surface area contributed by atoms with E-state index >= 15 is 0 Å². The number of aliphatic hydroxyl groups is 1. The molecule has 2 rings (SSSR count). The summed E-state index contributed by atoms with van der Waals surface area (Å²) in [4.78, 5) is 6.43. The number of benzene rings is 1. The topological polar surface area (TPSA) is 71.6 Å². The number of aryl methyl sites for hydroxylation is 1. The minimum absolute atomic E-state index is 0.115. The lowest BCUT2D eigenvalue weighted by Gasteiger charge is -2.15. The van der Waals surface area contributed by atoms with E-state index in [0.29, 0.717) is 24.8 Å². The Kier molecular flexibility index (Phi) is 5.30. The number of rotatable bonds is 7. The van der Waals surface area contributed by atoms with Crippen molar-refractivity contribution in [2.24, 2.45) is 0 Å². The van der Waals surface area contributed by atoms with Crippen molar-refractivity contribution < 1.29 is 14.4 Å². The van der Waals surface area contributed by atoms with Gasteiger partial charge in [0.25, 0.3) is 0 Å². The number of aromatic nitrogens is 2. The summed E-state index contributed by atoms with van der Waals surface area (Å²) in [5.74, 6) is 1.89. The Morgan fingerprint density at radius 1 is 1.38 bits per heavy atom. The molecule has 0 fully saturated rings. The van der Waals surface area contributed by atoms with E-state index in [0.717, 1.165) is 23.4 Å². The fraction of sp³-hybridized carbons (Fsp3) is 0.467. The van der Waals surface area contributed by atoms with Crippen LogP contribution in [0.3, 0.4) is 0 Å². The smallest absolute Gasteiger partial charge is 0.241 e. The van der Waals surface area contributed by atoms with Crippen LogP contribution in [-0.4, -0.2) is 47.0 Å². The summed E-state index contributed by atoms with van der Waals surface area (Å²) >= 11 is 0. The highest BCUT2D eigenvalue weighted by molar-refractivity contribution is 5.58. The van der Waals surface area contributed by atoms with Crippen LogP contribution >= 0.6 is 0 Å². The molecule has 1 aromatic carbocycles. The number of ether oxygens (including phenoxy) is 1. The van der Waals surface area contributed by atoms with Crippen LogP contribution in [-0.2, 0) is 6.54 Å². The van der Waals surface area contributed by atoms with E-state index in [2.05, 4.69) is 10.1 Å². The Morgan fingerprint density at radius 2 is 2.19 bits per heavy atom. The molecule has 6 heteroatoms. The SMILES string of the molecule is CCN(CCO)Cc1nc(-c2ccc(C)c(OC)c2)no1. The number of hydrogen-bond acceptors (Lipinski definition) is 6. The van der Waals surface area contributed by atoms with Gasteiger partial charge >= 0.3 is 0 Å². The van der Waals surface area contributed by atoms with E-state index in [-0.39, 0.29) is 6.61 Å². The highest BCUT2D eigenvalue weighted by Crippen LogP contribution is 2.25. The van der Waals surface area contributed by atoms with E-state index in [1.165, 1.54) is 0 Å². The Bertz CT molecular complexity index is 583. The molecule has 114 valence electrons. The van der Waals surface area contributed by atoms with Crippen molar-refractivity contribution in [2.45, 2.75) is 20.4 Å². The van der Waals surface area contributed by atoms with E-state index in [4.69, 9.17) is 14.4 Å². The second kappa shape index (κ2) is 7.19. The Balaban J connectivity index is 2.15. The Morgan fingerprint density at radius 3 is 2.86 bits per heavy atom. The van der Waals surface area contributed by atoms with Crippen LogP contribution in [0, 0.1) is 6.92 Å². The van der Waals surface area contributed by atoms with Gasteiger partial charge in [-0.1, -0.05) is 24.2 Å². The van der Waals surface area contributed by atoms with Crippen molar-refractivity contribution in [1.82, 2.24) is 15.0 Å². The predicted octanol–water partition coefficient (Wildman–Crippen LogP) is 1.87. The van der Waals surface area contributed by atoms with Crippen LogP contribution in [0.4, 0.5) is 0 Å². The van der Waals surface area contributed by atoms with Gasteiger partial charge in [-0.05, 0) is 25.1 Å². The van der Waals surface area contributed by atoms with Gasteiger partial charge in [0.15, 0.2) is 0 Å². The zero-order valence-electron chi connectivity index (χ0n) is 12.7. The molecule has 0 radical (unpaired) electrons. The summed E-state index contributed by atoms with van der Waals surface area (Å²) in [5.41, 5.74) is 1.92. The number of nitrogens with zero attached hydrogens (tertiary/aromatic N) is 3. The molecule has 2 aromatic rings. The highest BCUT2D eigenvalue weighted by atomic mass is 16.5. The molecule has 0 aliphatic rings. The molecular weight excluding hydrogens is 270 g/mol. The molecule has 0 unspecified atom stereocenters. The van der Waals surface area contributed by atoms with Crippen LogP contribution in [0.25, 0.3) is 11.4 Å². The van der Waals surface area contributed by atoms with Gasteiger partial charge in [-0.25, -0.2) is 0 Å². The van der Waals surface area contributed by atoms with Crippen molar-refractivity contribution in [3.05, 3.63) is 29.7 Å². The minimum atomic E-state index is 0.115. The number of likely N-dealkylation sites (N-methyl/N-ethyl adjacent to an activating group) is 1. The van der Waals surface area contributed by atoms with Crippen LogP contribution in [0.5, 0.6) is 5.75 Å². The molecule has 0 aliphatic carbocycles. The fourth-order valence-electron chi connectivity index (χ4n) is 2.08. The van der Waals surface area contributed by atoms with E-state index in [1.807, 2.05) is 36.9 Å². The molecule has 1 heterocycles. The van der Waals surface area contributed by atoms with Gasteiger partial charge < -0.3 is 14.4 Å². The number of hydrogen-bond donors (Lipinski definition) is 1. The number of methoxy groups -OCH3 is 1. The maximum atomic E-state index is 8.99. The average Bonchev–Trinajstić information content (AvgIpc) is 2.95. The van der Waals surface area contributed by atoms with Crippen molar-refractivity contribution in [2.75, 3.05) is 26.8 Å². The Hall–Kier alpha value is -1.92. The van der Waals surface area contributed by atoms with Gasteiger partial charge in [-0.3, -0.25) is 4.90 Å². The first-order chi connectivity index (χ1) is 10.2. The van der Waals surface area contributed by atoms with Gasteiger partial charge in [0.2, 0.25) is 11.7 Å². The summed E-state index contributed by atoms with van der Waals surface area (Å²) < 4.78 is 10.6. The first-order valence-corrected chi connectivity index (χ1v) is 6.98. The lowest BCUT2D eigenvalue weighted by molar-refractivity contribution is 0.180. The molecule has 0 bridgehead atoms. The monoisotopic (exact) mass is 291 g/mol. The summed E-state index contributed by atoms with van der Waals surface area (Å²) in [7, 11) is 1.64. The van der Waals surface area contributed by atoms with E-state index in [1.54, 1.807) is 7.11 Å². The van der Waals surface area contributed by atoms with Crippen molar-refractivity contribution >= 4 is 0 Å². The third kappa shape index (κ3) is 3.80. The molecule has 0 amide bonds. The molecular formula is C15H21N3O3. The van der Waals surface area contributed by atoms with Crippen molar-refractivity contribution in [3.8, 4) is 17.1 Å². The summed E-state index contributed by atoms with van der Waals surface area (Å²) in [6, 6.07) is 5.81. The lowest BCUT2D eigenvalue weighted by Crippen LogP contribution is -2.26. The largest absolute Gasteiger partial charge is 0.496 e. The summed E-state index contributed by atoms with van der Waals surface area (Å²) in [6.45, 7) is 6.07. The molecule has 0 saturated carbocycles. The minimum Gasteiger partial charge on any atom is -0.496 e.